The Labute approximate surface area is 149 Å². The normalized spacial score (nSPS) is 12.5. The molecule has 1 heterocycles. The monoisotopic (exact) mass is 378 g/mol. The average molecular weight is 378 g/mol. The van der Waals surface area contributed by atoms with E-state index in [0.717, 1.165) is 0 Å². The Kier molecular flexibility index (Phi) is 10.4. The number of carboxylic acids is 1. The fourth-order valence-electron chi connectivity index (χ4n) is 1.95. The van der Waals surface area contributed by atoms with E-state index < -0.39 is 30.0 Å². The Hall–Kier alpha value is -2.10. The second kappa shape index (κ2) is 11.4. The van der Waals surface area contributed by atoms with Crippen LogP contribution in [0.1, 0.15) is 25.0 Å². The van der Waals surface area contributed by atoms with Crippen LogP contribution >= 0.6 is 0 Å². The minimum atomic E-state index is -1.42. The van der Waals surface area contributed by atoms with Gasteiger partial charge in [0.2, 0.25) is 5.91 Å². The molecule has 0 spiro atoms. The van der Waals surface area contributed by atoms with Crippen molar-refractivity contribution in [3.05, 3.63) is 29.3 Å². The molecule has 0 saturated heterocycles. The predicted octanol–water partition coefficient (Wildman–Crippen LogP) is -0.772. The van der Waals surface area contributed by atoms with Crippen molar-refractivity contribution in [3.63, 3.8) is 0 Å². The van der Waals surface area contributed by atoms with E-state index in [1.165, 1.54) is 12.5 Å². The van der Waals surface area contributed by atoms with Crippen LogP contribution in [0.2, 0.25) is 0 Å². The Balaban J connectivity index is 0.00000529. The van der Waals surface area contributed by atoms with Crippen LogP contribution in [0.15, 0.2) is 12.5 Å². The molecule has 2 atom stereocenters. The number of amides is 3. The third-order valence-electron chi connectivity index (χ3n) is 3.09. The van der Waals surface area contributed by atoms with Gasteiger partial charge in [0.15, 0.2) is 0 Å². The topological polar surface area (TPSA) is 179 Å². The van der Waals surface area contributed by atoms with Crippen LogP contribution in [0.25, 0.3) is 11.1 Å². The van der Waals surface area contributed by atoms with E-state index in [9.17, 15) is 19.5 Å². The minimum Gasteiger partial charge on any atom is -0.684 e. The molecule has 0 saturated carbocycles. The van der Waals surface area contributed by atoms with Gasteiger partial charge in [0.05, 0.1) is 18.3 Å². The number of aliphatic carboxylic acids is 1. The van der Waals surface area contributed by atoms with Gasteiger partial charge in [-0.2, -0.15) is 0 Å². The predicted molar refractivity (Wildman–Crippen MR) is 79.0 cm³/mol. The molecule has 1 aromatic rings. The Morgan fingerprint density at radius 1 is 1.42 bits per heavy atom. The van der Waals surface area contributed by atoms with Crippen LogP contribution in [0.4, 0.5) is 4.79 Å². The number of hydrogen-bond donors (Lipinski definition) is 3. The molecule has 0 bridgehead atoms. The van der Waals surface area contributed by atoms with Crippen molar-refractivity contribution in [3.8, 4) is 0 Å². The van der Waals surface area contributed by atoms with Crippen LogP contribution in [-0.2, 0) is 33.1 Å². The standard InChI is InChI=1S/C13H22N6O4.Mn/c14-4-2-1-3-9(12(21)22)18-11(20)10(19-13(15)23)5-8-6-16-7-17-8;/h6-7,9-10H,1-5,14H2,(H6,15,16,17,18,19,20,21,22,23);/q;+2/p-3/t9-,10-;/m0./s1. The number of rotatable bonds is 10. The number of carbonyl (C=O) groups is 3. The molecule has 1 aromatic heterocycles. The number of unbranched alkanes of at least 4 members (excludes halogenated alkanes) is 1. The first-order valence-corrected chi connectivity index (χ1v) is 7.09. The van der Waals surface area contributed by atoms with Crippen LogP contribution in [0.3, 0.4) is 0 Å². The number of nitrogens with two attached hydrogens (primary N) is 1. The number of urea groups is 1. The van der Waals surface area contributed by atoms with Crippen molar-refractivity contribution in [2.75, 3.05) is 6.54 Å². The summed E-state index contributed by atoms with van der Waals surface area (Å²) < 4.78 is 0. The van der Waals surface area contributed by atoms with Crippen LogP contribution < -0.4 is 16.2 Å². The van der Waals surface area contributed by atoms with E-state index >= 15 is 0 Å². The molecule has 0 aliphatic heterocycles. The van der Waals surface area contributed by atoms with Gasteiger partial charge in [0.1, 0.15) is 0 Å². The molecule has 0 unspecified atom stereocenters. The van der Waals surface area contributed by atoms with Crippen molar-refractivity contribution in [2.45, 2.75) is 37.8 Å². The maximum Gasteiger partial charge on any atom is 2.00 e. The first-order chi connectivity index (χ1) is 10.9. The zero-order valence-corrected chi connectivity index (χ0v) is 14.0. The number of hydrogen-bond acceptors (Lipinski definition) is 6. The van der Waals surface area contributed by atoms with Gasteiger partial charge < -0.3 is 41.8 Å². The molecule has 0 aliphatic rings. The van der Waals surface area contributed by atoms with Gasteiger partial charge >= 0.3 is 17.1 Å². The Bertz CT molecular complexity index is 525. The summed E-state index contributed by atoms with van der Waals surface area (Å²) in [4.78, 5) is 40.6. The molecule has 0 aliphatic carbocycles. The summed E-state index contributed by atoms with van der Waals surface area (Å²) in [7, 11) is 0. The fourth-order valence-corrected chi connectivity index (χ4v) is 1.95. The largest absolute Gasteiger partial charge is 2.00 e. The van der Waals surface area contributed by atoms with Gasteiger partial charge in [-0.05, 0) is 44.3 Å². The number of imidazole rings is 1. The van der Waals surface area contributed by atoms with Gasteiger partial charge in [-0.1, -0.05) is 0 Å². The quantitative estimate of drug-likeness (QED) is 0.355. The molecule has 11 heteroatoms. The van der Waals surface area contributed by atoms with Crippen molar-refractivity contribution < 1.29 is 36.6 Å². The molecule has 1 radical (unpaired) electrons. The number of H-pyrrole nitrogens is 1. The van der Waals surface area contributed by atoms with Crippen molar-refractivity contribution in [1.29, 1.82) is 0 Å². The molecular formula is C13H19MnN6O4-. The summed E-state index contributed by atoms with van der Waals surface area (Å²) in [5.74, 6) is -2.19. The SMILES string of the molecule is [Mn+2].[NH-]C(=O)[N-][C@@H](Cc1cnc[nH]1)C(=O)N[C@@H](CCCCN)C(=O)[O-]. The number of carboxylic acid groups (broad SMARTS) is 1. The van der Waals surface area contributed by atoms with E-state index in [4.69, 9.17) is 11.5 Å². The second-order valence-electron chi connectivity index (χ2n) is 4.90. The maximum absolute atomic E-state index is 12.2. The minimum absolute atomic E-state index is 0. The van der Waals surface area contributed by atoms with Gasteiger partial charge in [0, 0.05) is 11.9 Å². The number of nitrogens with one attached hydrogen (secondary N) is 3. The number of carbonyl (C=O) groups excluding carboxylic acids is 3. The summed E-state index contributed by atoms with van der Waals surface area (Å²) in [6.45, 7) is 0.416. The molecule has 0 fully saturated rings. The third-order valence-corrected chi connectivity index (χ3v) is 3.09. The van der Waals surface area contributed by atoms with Crippen LogP contribution in [0.5, 0.6) is 0 Å². The number of aromatic nitrogens is 2. The summed E-state index contributed by atoms with van der Waals surface area (Å²) in [5, 5.41) is 16.8. The molecule has 0 aromatic carbocycles. The van der Waals surface area contributed by atoms with Crippen LogP contribution in [0, 0.1) is 0 Å². The smallest absolute Gasteiger partial charge is 0.684 e. The van der Waals surface area contributed by atoms with E-state index in [2.05, 4.69) is 20.6 Å². The van der Waals surface area contributed by atoms with Crippen molar-refractivity contribution >= 4 is 17.9 Å². The molecule has 1 rings (SSSR count). The van der Waals surface area contributed by atoms with E-state index in [1.54, 1.807) is 0 Å². The number of aromatic amines is 1. The molecule has 3 amide bonds. The Morgan fingerprint density at radius 2 is 2.12 bits per heavy atom. The summed E-state index contributed by atoms with van der Waals surface area (Å²) in [6, 6.07) is -3.68. The van der Waals surface area contributed by atoms with E-state index in [-0.39, 0.29) is 29.9 Å². The van der Waals surface area contributed by atoms with E-state index in [0.29, 0.717) is 25.1 Å². The summed E-state index contributed by atoms with van der Waals surface area (Å²) in [6.07, 6.45) is 4.13. The molecular weight excluding hydrogens is 359 g/mol. The van der Waals surface area contributed by atoms with Crippen molar-refractivity contribution in [2.24, 2.45) is 5.73 Å². The summed E-state index contributed by atoms with van der Waals surface area (Å²) in [5.41, 5.74) is 12.7. The molecule has 24 heavy (non-hydrogen) atoms. The first kappa shape index (κ1) is 21.9. The molecule has 133 valence electrons. The van der Waals surface area contributed by atoms with E-state index in [1.807, 2.05) is 0 Å². The molecule has 10 nitrogen and oxygen atoms in total. The average Bonchev–Trinajstić information content (AvgIpc) is 2.98. The molecule has 5 N–H and O–H groups in total. The fraction of sp³-hybridized carbons (Fsp3) is 0.538. The van der Waals surface area contributed by atoms with Gasteiger partial charge in [0.25, 0.3) is 0 Å². The Morgan fingerprint density at radius 3 is 2.62 bits per heavy atom. The van der Waals surface area contributed by atoms with Gasteiger partial charge in [-0.3, -0.25) is 4.79 Å². The summed E-state index contributed by atoms with van der Waals surface area (Å²) >= 11 is 0. The third kappa shape index (κ3) is 7.95. The zero-order valence-electron chi connectivity index (χ0n) is 12.8. The van der Waals surface area contributed by atoms with Gasteiger partial charge in [-0.25, -0.2) is 4.98 Å². The zero-order chi connectivity index (χ0) is 17.2. The first-order valence-electron chi connectivity index (χ1n) is 7.09. The van der Waals surface area contributed by atoms with Gasteiger partial charge in [-0.15, -0.1) is 0 Å². The van der Waals surface area contributed by atoms with Crippen LogP contribution in [-0.4, -0.2) is 46.5 Å². The maximum atomic E-state index is 12.2. The second-order valence-corrected chi connectivity index (χ2v) is 4.90. The number of nitrogens with zero attached hydrogens (tertiary/aromatic N) is 2. The van der Waals surface area contributed by atoms with Crippen molar-refractivity contribution in [1.82, 2.24) is 15.3 Å².